The van der Waals surface area contributed by atoms with Gasteiger partial charge in [-0.1, -0.05) is 18.2 Å². The molecule has 1 aromatic heterocycles. The van der Waals surface area contributed by atoms with Crippen LogP contribution in [0.5, 0.6) is 0 Å². The van der Waals surface area contributed by atoms with Gasteiger partial charge in [0.15, 0.2) is 0 Å². The van der Waals surface area contributed by atoms with E-state index in [4.69, 9.17) is 0 Å². The van der Waals surface area contributed by atoms with E-state index in [0.29, 0.717) is 6.54 Å². The van der Waals surface area contributed by atoms with Crippen molar-refractivity contribution >= 4 is 16.9 Å². The number of para-hydroxylation sites is 2. The molecule has 1 amide bonds. The van der Waals surface area contributed by atoms with Crippen molar-refractivity contribution in [3.05, 3.63) is 65.0 Å². The molecule has 0 bridgehead atoms. The molecule has 1 aliphatic carbocycles. The van der Waals surface area contributed by atoms with Gasteiger partial charge in [0.05, 0.1) is 17.6 Å². The highest BCUT2D eigenvalue weighted by Gasteiger charge is 2.15. The van der Waals surface area contributed by atoms with E-state index < -0.39 is 0 Å². The highest BCUT2D eigenvalue weighted by Crippen LogP contribution is 2.23. The van der Waals surface area contributed by atoms with Gasteiger partial charge in [0.25, 0.3) is 5.91 Å². The normalized spacial score (nSPS) is 13.2. The van der Waals surface area contributed by atoms with E-state index >= 15 is 0 Å². The molecule has 4 rings (SSSR count). The molecule has 1 heterocycles. The quantitative estimate of drug-likeness (QED) is 0.800. The van der Waals surface area contributed by atoms with Gasteiger partial charge in [-0.25, -0.2) is 4.98 Å². The summed E-state index contributed by atoms with van der Waals surface area (Å²) in [7, 11) is 0. The van der Waals surface area contributed by atoms with Crippen LogP contribution in [0.15, 0.2) is 42.5 Å². The molecule has 24 heavy (non-hydrogen) atoms. The molecule has 0 fully saturated rings. The molecule has 1 aliphatic rings. The predicted octanol–water partition coefficient (Wildman–Crippen LogP) is 3.47. The number of imidazole rings is 1. The summed E-state index contributed by atoms with van der Waals surface area (Å²) in [6, 6.07) is 14.2. The number of benzene rings is 2. The Hall–Kier alpha value is -2.62. The number of amides is 1. The van der Waals surface area contributed by atoms with Crippen molar-refractivity contribution in [3.8, 4) is 0 Å². The first-order valence-electron chi connectivity index (χ1n) is 8.60. The summed E-state index contributed by atoms with van der Waals surface area (Å²) in [6.45, 7) is 3.38. The molecule has 4 nitrogen and oxygen atoms in total. The van der Waals surface area contributed by atoms with Crippen LogP contribution in [0.4, 0.5) is 0 Å². The van der Waals surface area contributed by atoms with Gasteiger partial charge in [-0.3, -0.25) is 4.79 Å². The van der Waals surface area contributed by atoms with E-state index in [0.717, 1.165) is 41.8 Å². The Balaban J connectivity index is 1.53. The Bertz CT molecular complexity index is 910. The molecule has 0 saturated heterocycles. The molecule has 0 radical (unpaired) electrons. The van der Waals surface area contributed by atoms with Gasteiger partial charge in [0.1, 0.15) is 5.82 Å². The van der Waals surface area contributed by atoms with E-state index in [1.165, 1.54) is 17.5 Å². The van der Waals surface area contributed by atoms with Gasteiger partial charge >= 0.3 is 0 Å². The average Bonchev–Trinajstić information content (AvgIpc) is 3.22. The first-order chi connectivity index (χ1) is 11.8. The molecule has 4 heteroatoms. The minimum Gasteiger partial charge on any atom is -0.345 e. The zero-order valence-corrected chi connectivity index (χ0v) is 13.9. The van der Waals surface area contributed by atoms with Crippen molar-refractivity contribution in [2.75, 3.05) is 0 Å². The van der Waals surface area contributed by atoms with Crippen molar-refractivity contribution in [1.29, 1.82) is 0 Å². The van der Waals surface area contributed by atoms with Crippen molar-refractivity contribution in [2.24, 2.45) is 0 Å². The summed E-state index contributed by atoms with van der Waals surface area (Å²) < 4.78 is 2.15. The van der Waals surface area contributed by atoms with E-state index in [1.54, 1.807) is 0 Å². The van der Waals surface area contributed by atoms with E-state index in [2.05, 4.69) is 33.9 Å². The Kier molecular flexibility index (Phi) is 3.81. The number of nitrogens with one attached hydrogen (secondary N) is 1. The van der Waals surface area contributed by atoms with Crippen LogP contribution >= 0.6 is 0 Å². The fourth-order valence-electron chi connectivity index (χ4n) is 3.59. The second-order valence-electron chi connectivity index (χ2n) is 6.28. The summed E-state index contributed by atoms with van der Waals surface area (Å²) >= 11 is 0. The van der Waals surface area contributed by atoms with Gasteiger partial charge in [-0.15, -0.1) is 0 Å². The third kappa shape index (κ3) is 2.58. The van der Waals surface area contributed by atoms with Crippen LogP contribution in [0, 0.1) is 0 Å². The molecule has 122 valence electrons. The lowest BCUT2D eigenvalue weighted by molar-refractivity contribution is 0.0949. The third-order valence-corrected chi connectivity index (χ3v) is 4.82. The van der Waals surface area contributed by atoms with Crippen LogP contribution in [0.1, 0.15) is 40.7 Å². The molecule has 3 aromatic rings. The fourth-order valence-corrected chi connectivity index (χ4v) is 3.59. The fraction of sp³-hybridized carbons (Fsp3) is 0.300. The largest absolute Gasteiger partial charge is 0.345 e. The first kappa shape index (κ1) is 14.9. The van der Waals surface area contributed by atoms with Crippen LogP contribution in [0.2, 0.25) is 0 Å². The lowest BCUT2D eigenvalue weighted by Crippen LogP contribution is -2.24. The summed E-state index contributed by atoms with van der Waals surface area (Å²) in [5.74, 6) is 0.868. The minimum absolute atomic E-state index is 0.0283. The maximum Gasteiger partial charge on any atom is 0.251 e. The van der Waals surface area contributed by atoms with Crippen molar-refractivity contribution in [3.63, 3.8) is 0 Å². The summed E-state index contributed by atoms with van der Waals surface area (Å²) in [5.41, 5.74) is 5.54. The summed E-state index contributed by atoms with van der Waals surface area (Å²) in [4.78, 5) is 17.1. The minimum atomic E-state index is -0.0283. The summed E-state index contributed by atoms with van der Waals surface area (Å²) in [5, 5.41) is 3.02. The Labute approximate surface area is 141 Å². The molecule has 0 unspecified atom stereocenters. The maximum atomic E-state index is 12.5. The number of rotatable bonds is 4. The number of nitrogens with zero attached hydrogens (tertiary/aromatic N) is 2. The topological polar surface area (TPSA) is 46.9 Å². The predicted molar refractivity (Wildman–Crippen MR) is 95.0 cm³/mol. The SMILES string of the molecule is CCn1c(CNC(=O)c2ccc3c(c2)CCC3)nc2ccccc21. The van der Waals surface area contributed by atoms with Crippen molar-refractivity contribution in [2.45, 2.75) is 39.3 Å². The number of aryl methyl sites for hydroxylation is 3. The number of hydrogen-bond acceptors (Lipinski definition) is 2. The Morgan fingerprint density at radius 2 is 2.00 bits per heavy atom. The standard InChI is InChI=1S/C20H21N3O/c1-2-23-18-9-4-3-8-17(18)22-19(23)13-21-20(24)16-11-10-14-6-5-7-15(14)12-16/h3-4,8-12H,2,5-7,13H2,1H3,(H,21,24). The van der Waals surface area contributed by atoms with E-state index in [9.17, 15) is 4.79 Å². The van der Waals surface area contributed by atoms with Crippen LogP contribution in [-0.2, 0) is 25.9 Å². The second kappa shape index (κ2) is 6.11. The zero-order valence-electron chi connectivity index (χ0n) is 13.9. The smallest absolute Gasteiger partial charge is 0.251 e. The zero-order chi connectivity index (χ0) is 16.5. The lowest BCUT2D eigenvalue weighted by atomic mass is 10.1. The molecule has 0 spiro atoms. The Morgan fingerprint density at radius 3 is 2.88 bits per heavy atom. The molecular weight excluding hydrogens is 298 g/mol. The van der Waals surface area contributed by atoms with E-state index in [-0.39, 0.29) is 5.91 Å². The highest BCUT2D eigenvalue weighted by molar-refractivity contribution is 5.94. The van der Waals surface area contributed by atoms with Crippen LogP contribution < -0.4 is 5.32 Å². The highest BCUT2D eigenvalue weighted by atomic mass is 16.1. The van der Waals surface area contributed by atoms with Gasteiger partial charge in [-0.05, 0) is 61.6 Å². The first-order valence-corrected chi connectivity index (χ1v) is 8.60. The lowest BCUT2D eigenvalue weighted by Gasteiger charge is -2.09. The average molecular weight is 319 g/mol. The third-order valence-electron chi connectivity index (χ3n) is 4.82. The number of carbonyl (C=O) groups excluding carboxylic acids is 1. The van der Waals surface area contributed by atoms with Gasteiger partial charge in [-0.2, -0.15) is 0 Å². The van der Waals surface area contributed by atoms with Gasteiger partial charge < -0.3 is 9.88 Å². The monoisotopic (exact) mass is 319 g/mol. The summed E-state index contributed by atoms with van der Waals surface area (Å²) in [6.07, 6.45) is 3.42. The molecule has 1 N–H and O–H groups in total. The molecule has 0 atom stereocenters. The van der Waals surface area contributed by atoms with Crippen molar-refractivity contribution < 1.29 is 4.79 Å². The Morgan fingerprint density at radius 1 is 1.17 bits per heavy atom. The molecule has 2 aromatic carbocycles. The van der Waals surface area contributed by atoms with Crippen molar-refractivity contribution in [1.82, 2.24) is 14.9 Å². The molecule has 0 aliphatic heterocycles. The second-order valence-corrected chi connectivity index (χ2v) is 6.28. The van der Waals surface area contributed by atoms with Crippen LogP contribution in [-0.4, -0.2) is 15.5 Å². The number of hydrogen-bond donors (Lipinski definition) is 1. The van der Waals surface area contributed by atoms with E-state index in [1.807, 2.05) is 30.3 Å². The van der Waals surface area contributed by atoms with Crippen LogP contribution in [0.3, 0.4) is 0 Å². The number of aromatic nitrogens is 2. The number of carbonyl (C=O) groups is 1. The molecule has 0 saturated carbocycles. The van der Waals surface area contributed by atoms with Gasteiger partial charge in [0.2, 0.25) is 0 Å². The molecular formula is C20H21N3O. The maximum absolute atomic E-state index is 12.5. The van der Waals surface area contributed by atoms with Crippen LogP contribution in [0.25, 0.3) is 11.0 Å². The number of fused-ring (bicyclic) bond motifs is 2. The van der Waals surface area contributed by atoms with Gasteiger partial charge in [0, 0.05) is 12.1 Å².